The van der Waals surface area contributed by atoms with Crippen LogP contribution in [0.25, 0.3) is 0 Å². The number of hydrogen-bond donors (Lipinski definition) is 1. The van der Waals surface area contributed by atoms with Gasteiger partial charge in [0.15, 0.2) is 0 Å². The van der Waals surface area contributed by atoms with Gasteiger partial charge in [-0.05, 0) is 42.9 Å². The van der Waals surface area contributed by atoms with Gasteiger partial charge >= 0.3 is 0 Å². The van der Waals surface area contributed by atoms with E-state index in [4.69, 9.17) is 0 Å². The van der Waals surface area contributed by atoms with Gasteiger partial charge in [0.25, 0.3) is 0 Å². The third-order valence-electron chi connectivity index (χ3n) is 4.06. The number of aryl methyl sites for hydroxylation is 1. The highest BCUT2D eigenvalue weighted by Crippen LogP contribution is 2.47. The van der Waals surface area contributed by atoms with Crippen molar-refractivity contribution in [3.05, 3.63) is 60.2 Å². The van der Waals surface area contributed by atoms with E-state index in [1.807, 2.05) is 0 Å². The molecule has 104 valence electrons. The summed E-state index contributed by atoms with van der Waals surface area (Å²) in [7, 11) is -0.0775. The third kappa shape index (κ3) is 3.04. The van der Waals surface area contributed by atoms with Crippen molar-refractivity contribution in [1.82, 2.24) is 0 Å². The lowest BCUT2D eigenvalue weighted by Gasteiger charge is -2.34. The number of anilines is 1. The summed E-state index contributed by atoms with van der Waals surface area (Å²) >= 11 is 0. The van der Waals surface area contributed by atoms with Gasteiger partial charge in [-0.3, -0.25) is 0 Å². The predicted octanol–water partition coefficient (Wildman–Crippen LogP) is 4.72. The van der Waals surface area contributed by atoms with Crippen molar-refractivity contribution in [3.63, 3.8) is 0 Å². The fourth-order valence-electron chi connectivity index (χ4n) is 2.92. The van der Waals surface area contributed by atoms with Gasteiger partial charge < -0.3 is 5.32 Å². The molecule has 1 nitrogen and oxygen atoms in total. The molecule has 0 radical (unpaired) electrons. The molecule has 3 rings (SSSR count). The molecule has 1 fully saturated rings. The predicted molar refractivity (Wildman–Crippen MR) is 90.3 cm³/mol. The summed E-state index contributed by atoms with van der Waals surface area (Å²) in [6.07, 6.45) is 5.40. The molecule has 1 aliphatic rings. The molecule has 0 bridgehead atoms. The summed E-state index contributed by atoms with van der Waals surface area (Å²) in [5.41, 5.74) is 2.66. The lowest BCUT2D eigenvalue weighted by Crippen LogP contribution is -2.27. The molecule has 0 aliphatic carbocycles. The Balaban J connectivity index is 1.81. The van der Waals surface area contributed by atoms with Gasteiger partial charge in [0, 0.05) is 5.69 Å². The maximum atomic E-state index is 3.83. The highest BCUT2D eigenvalue weighted by molar-refractivity contribution is 7.66. The fraction of sp³-hybridized carbons (Fsp3) is 0.333. The lowest BCUT2D eigenvalue weighted by atomic mass is 10.2. The molecule has 0 aromatic heterocycles. The van der Waals surface area contributed by atoms with Crippen molar-refractivity contribution in [3.8, 4) is 0 Å². The zero-order valence-corrected chi connectivity index (χ0v) is 12.9. The summed E-state index contributed by atoms with van der Waals surface area (Å²) in [4.78, 5) is 0. The Morgan fingerprint density at radius 1 is 0.950 bits per heavy atom. The SMILES string of the molecule is Cc1ccccc1NC1CCCC[P@]1c1ccccc1. The second-order valence-corrected chi connectivity index (χ2v) is 8.03. The molecule has 1 heterocycles. The summed E-state index contributed by atoms with van der Waals surface area (Å²) in [6, 6.07) is 19.7. The Bertz CT molecular complexity index is 552. The van der Waals surface area contributed by atoms with Crippen LogP contribution in [-0.4, -0.2) is 11.9 Å². The van der Waals surface area contributed by atoms with Crippen molar-refractivity contribution in [2.45, 2.75) is 32.0 Å². The van der Waals surface area contributed by atoms with Crippen LogP contribution in [0.15, 0.2) is 54.6 Å². The van der Waals surface area contributed by atoms with E-state index < -0.39 is 0 Å². The Morgan fingerprint density at radius 2 is 1.70 bits per heavy atom. The normalized spacial score (nSPS) is 22.4. The zero-order valence-electron chi connectivity index (χ0n) is 12.0. The van der Waals surface area contributed by atoms with E-state index in [9.17, 15) is 0 Å². The quantitative estimate of drug-likeness (QED) is 0.803. The van der Waals surface area contributed by atoms with Gasteiger partial charge in [-0.2, -0.15) is 0 Å². The van der Waals surface area contributed by atoms with Gasteiger partial charge in [0.05, 0.1) is 5.78 Å². The molecule has 2 aromatic rings. The minimum absolute atomic E-state index is 0.0775. The number of rotatable bonds is 3. The molecular weight excluding hydrogens is 261 g/mol. The third-order valence-corrected chi connectivity index (χ3v) is 6.96. The van der Waals surface area contributed by atoms with Crippen LogP contribution in [0.4, 0.5) is 5.69 Å². The largest absolute Gasteiger partial charge is 0.378 e. The molecule has 1 N–H and O–H groups in total. The molecule has 2 heteroatoms. The second-order valence-electron chi connectivity index (χ2n) is 5.50. The van der Waals surface area contributed by atoms with Crippen LogP contribution in [0, 0.1) is 6.92 Å². The Kier molecular flexibility index (Phi) is 4.38. The number of nitrogens with one attached hydrogen (secondary N) is 1. The summed E-state index contributed by atoms with van der Waals surface area (Å²) in [6.45, 7) is 2.19. The number of hydrogen-bond acceptors (Lipinski definition) is 1. The van der Waals surface area contributed by atoms with Crippen molar-refractivity contribution in [2.24, 2.45) is 0 Å². The number of para-hydroxylation sites is 1. The number of benzene rings is 2. The second kappa shape index (κ2) is 6.41. The van der Waals surface area contributed by atoms with E-state index in [1.54, 1.807) is 5.30 Å². The lowest BCUT2D eigenvalue weighted by molar-refractivity contribution is 0.688. The zero-order chi connectivity index (χ0) is 13.8. The van der Waals surface area contributed by atoms with Crippen LogP contribution >= 0.6 is 7.92 Å². The molecule has 0 amide bonds. The Labute approximate surface area is 123 Å². The van der Waals surface area contributed by atoms with E-state index in [0.717, 1.165) is 0 Å². The van der Waals surface area contributed by atoms with E-state index in [-0.39, 0.29) is 7.92 Å². The van der Waals surface area contributed by atoms with Crippen LogP contribution in [0.2, 0.25) is 0 Å². The minimum atomic E-state index is -0.0775. The van der Waals surface area contributed by atoms with Crippen molar-refractivity contribution in [1.29, 1.82) is 0 Å². The Morgan fingerprint density at radius 3 is 2.50 bits per heavy atom. The molecule has 1 aliphatic heterocycles. The highest BCUT2D eigenvalue weighted by atomic mass is 31.1. The molecule has 1 unspecified atom stereocenters. The summed E-state index contributed by atoms with van der Waals surface area (Å²) in [5.74, 6) is 0.627. The maximum absolute atomic E-state index is 3.83. The molecule has 2 atom stereocenters. The van der Waals surface area contributed by atoms with Gasteiger partial charge in [0.1, 0.15) is 0 Å². The fourth-order valence-corrected chi connectivity index (χ4v) is 5.76. The molecular formula is C18H22NP. The monoisotopic (exact) mass is 283 g/mol. The molecule has 0 saturated carbocycles. The van der Waals surface area contributed by atoms with Gasteiger partial charge in [-0.25, -0.2) is 0 Å². The highest BCUT2D eigenvalue weighted by Gasteiger charge is 2.25. The first-order valence-electron chi connectivity index (χ1n) is 7.48. The van der Waals surface area contributed by atoms with Crippen LogP contribution < -0.4 is 10.6 Å². The molecule has 1 saturated heterocycles. The van der Waals surface area contributed by atoms with Gasteiger partial charge in [-0.1, -0.05) is 62.9 Å². The average molecular weight is 283 g/mol. The van der Waals surface area contributed by atoms with E-state index in [0.29, 0.717) is 5.78 Å². The van der Waals surface area contributed by atoms with Crippen molar-refractivity contribution in [2.75, 3.05) is 11.5 Å². The van der Waals surface area contributed by atoms with Gasteiger partial charge in [-0.15, -0.1) is 0 Å². The minimum Gasteiger partial charge on any atom is -0.378 e. The standard InChI is InChI=1S/C18H22NP/c1-15-9-5-6-12-17(15)19-18-13-7-8-14-20(18)16-10-3-2-4-11-16/h2-6,9-12,18-19H,7-8,13-14H2,1H3/t18?,20-/m1/s1. The first-order valence-corrected chi connectivity index (χ1v) is 9.08. The molecule has 0 spiro atoms. The van der Waals surface area contributed by atoms with Gasteiger partial charge in [0.2, 0.25) is 0 Å². The first kappa shape index (κ1) is 13.6. The topological polar surface area (TPSA) is 12.0 Å². The maximum Gasteiger partial charge on any atom is 0.0500 e. The van der Waals surface area contributed by atoms with E-state index >= 15 is 0 Å². The molecule has 2 aromatic carbocycles. The smallest absolute Gasteiger partial charge is 0.0500 e. The van der Waals surface area contributed by atoms with Crippen molar-refractivity contribution < 1.29 is 0 Å². The van der Waals surface area contributed by atoms with Crippen LogP contribution in [-0.2, 0) is 0 Å². The molecule has 20 heavy (non-hydrogen) atoms. The average Bonchev–Trinajstić information content (AvgIpc) is 2.51. The van der Waals surface area contributed by atoms with Crippen LogP contribution in [0.1, 0.15) is 24.8 Å². The van der Waals surface area contributed by atoms with E-state index in [1.165, 1.54) is 36.7 Å². The Hall–Kier alpha value is -1.33. The first-order chi connectivity index (χ1) is 9.84. The summed E-state index contributed by atoms with van der Waals surface area (Å²) < 4.78 is 0. The van der Waals surface area contributed by atoms with E-state index in [2.05, 4.69) is 66.8 Å². The van der Waals surface area contributed by atoms with Crippen molar-refractivity contribution >= 4 is 18.9 Å². The van der Waals surface area contributed by atoms with Crippen LogP contribution in [0.5, 0.6) is 0 Å². The van der Waals surface area contributed by atoms with Crippen LogP contribution in [0.3, 0.4) is 0 Å². The summed E-state index contributed by atoms with van der Waals surface area (Å²) in [5, 5.41) is 5.38.